The summed E-state index contributed by atoms with van der Waals surface area (Å²) in [5.74, 6) is -1.65. The minimum Gasteiger partial charge on any atom is -0.488 e. The van der Waals surface area contributed by atoms with Crippen molar-refractivity contribution in [2.75, 3.05) is 26.3 Å². The second-order valence-electron chi connectivity index (χ2n) is 6.05. The topological polar surface area (TPSA) is 111 Å². The molecule has 164 valence electrons. The number of allylic oxidation sites excluding steroid dienone is 2. The third kappa shape index (κ3) is 8.27. The van der Waals surface area contributed by atoms with Crippen LogP contribution in [-0.2, 0) is 28.7 Å². The number of Topliss-reactive ketones (excluding diaryl/α,β-unsaturated/α-hetero) is 2. The van der Waals surface area contributed by atoms with E-state index >= 15 is 0 Å². The summed E-state index contributed by atoms with van der Waals surface area (Å²) < 4.78 is 11.0. The molecule has 0 saturated carbocycles. The van der Waals surface area contributed by atoms with Crippen molar-refractivity contribution in [2.45, 2.75) is 25.7 Å². The van der Waals surface area contributed by atoms with Crippen molar-refractivity contribution in [3.63, 3.8) is 0 Å². The number of ether oxygens (including phenoxy) is 2. The average Bonchev–Trinajstić information content (AvgIpc) is 2.75. The third-order valence-corrected chi connectivity index (χ3v) is 5.25. The van der Waals surface area contributed by atoms with E-state index in [1.807, 2.05) is 0 Å². The first-order valence-corrected chi connectivity index (χ1v) is 10.9. The number of hydrogen-bond donors (Lipinski definition) is 2. The Morgan fingerprint density at radius 1 is 0.767 bits per heavy atom. The predicted octanol–water partition coefficient (Wildman–Crippen LogP) is 2.55. The Bertz CT molecular complexity index is 709. The molecule has 0 aromatic carbocycles. The Morgan fingerprint density at radius 2 is 1.13 bits per heavy atom. The Labute approximate surface area is 192 Å². The number of unbranched alkanes of at least 4 members (excludes halogenated alkanes) is 2. The third-order valence-electron chi connectivity index (χ3n) is 3.81. The molecule has 2 amide bonds. The highest BCUT2D eigenvalue weighted by Crippen LogP contribution is 2.32. The largest absolute Gasteiger partial charge is 0.488 e. The molecule has 2 N–H and O–H groups in total. The molecule has 1 aliphatic rings. The van der Waals surface area contributed by atoms with Gasteiger partial charge in [0.15, 0.2) is 11.5 Å². The van der Waals surface area contributed by atoms with Crippen LogP contribution in [0.2, 0.25) is 0 Å². The molecular formula is C20H24Br2N2O6. The van der Waals surface area contributed by atoms with E-state index in [1.54, 1.807) is 0 Å². The zero-order chi connectivity index (χ0) is 22.5. The Balaban J connectivity index is 2.46. The lowest BCUT2D eigenvalue weighted by Gasteiger charge is -2.19. The Morgan fingerprint density at radius 3 is 1.47 bits per heavy atom. The monoisotopic (exact) mass is 546 g/mol. The summed E-state index contributed by atoms with van der Waals surface area (Å²) in [5, 5.41) is 5.28. The van der Waals surface area contributed by atoms with Crippen LogP contribution in [0.1, 0.15) is 25.7 Å². The lowest BCUT2D eigenvalue weighted by atomic mass is 10.1. The van der Waals surface area contributed by atoms with Gasteiger partial charge in [0, 0.05) is 13.1 Å². The van der Waals surface area contributed by atoms with Gasteiger partial charge < -0.3 is 20.1 Å². The van der Waals surface area contributed by atoms with Crippen LogP contribution < -0.4 is 10.6 Å². The average molecular weight is 548 g/mol. The van der Waals surface area contributed by atoms with Gasteiger partial charge in [0.2, 0.25) is 23.4 Å². The van der Waals surface area contributed by atoms with Crippen molar-refractivity contribution in [3.8, 4) is 0 Å². The summed E-state index contributed by atoms with van der Waals surface area (Å²) in [4.78, 5) is 47.1. The molecule has 0 spiro atoms. The molecule has 0 aliphatic heterocycles. The minimum atomic E-state index is -0.491. The number of carbonyl (C=O) groups excluding carboxylic acids is 4. The van der Waals surface area contributed by atoms with Gasteiger partial charge in [0.25, 0.3) is 0 Å². The molecule has 0 radical (unpaired) electrons. The van der Waals surface area contributed by atoms with Gasteiger partial charge in [-0.25, -0.2) is 0 Å². The number of hydrogen-bond acceptors (Lipinski definition) is 6. The van der Waals surface area contributed by atoms with Crippen molar-refractivity contribution in [1.82, 2.24) is 10.6 Å². The standard InChI is InChI=1S/C20H24Br2N2O6/c1-3-13(25)23-9-5-7-11-29-19-15(21)18(28)20(16(22)17(19)27)30-12-8-6-10-24-14(26)4-2/h3-4H,1-2,5-12H2,(H,23,25)(H,24,26). The van der Waals surface area contributed by atoms with E-state index in [-0.39, 0.29) is 45.5 Å². The van der Waals surface area contributed by atoms with E-state index < -0.39 is 11.6 Å². The molecule has 0 atom stereocenters. The number of carbonyl (C=O) groups is 4. The molecular weight excluding hydrogens is 524 g/mol. The summed E-state index contributed by atoms with van der Waals surface area (Å²) in [6.45, 7) is 8.05. The summed E-state index contributed by atoms with van der Waals surface area (Å²) in [6, 6.07) is 0. The van der Waals surface area contributed by atoms with Crippen LogP contribution in [0.5, 0.6) is 0 Å². The maximum absolute atomic E-state index is 12.5. The van der Waals surface area contributed by atoms with Gasteiger partial charge in [-0.05, 0) is 69.7 Å². The van der Waals surface area contributed by atoms with Gasteiger partial charge in [0.1, 0.15) is 8.96 Å². The van der Waals surface area contributed by atoms with Crippen molar-refractivity contribution < 1.29 is 28.7 Å². The van der Waals surface area contributed by atoms with Crippen LogP contribution in [0.4, 0.5) is 0 Å². The fourth-order valence-corrected chi connectivity index (χ4v) is 3.18. The highest BCUT2D eigenvalue weighted by molar-refractivity contribution is 9.12. The highest BCUT2D eigenvalue weighted by Gasteiger charge is 2.35. The normalized spacial score (nSPS) is 13.8. The van der Waals surface area contributed by atoms with Crippen molar-refractivity contribution in [2.24, 2.45) is 0 Å². The Hall–Kier alpha value is -2.20. The molecule has 30 heavy (non-hydrogen) atoms. The molecule has 1 rings (SSSR count). The number of rotatable bonds is 14. The lowest BCUT2D eigenvalue weighted by molar-refractivity contribution is -0.120. The Kier molecular flexibility index (Phi) is 12.0. The van der Waals surface area contributed by atoms with Crippen LogP contribution in [-0.4, -0.2) is 49.7 Å². The first-order chi connectivity index (χ1) is 14.3. The molecule has 0 saturated heterocycles. The molecule has 1 aliphatic carbocycles. The van der Waals surface area contributed by atoms with Crippen LogP contribution in [0.15, 0.2) is 45.8 Å². The minimum absolute atomic E-state index is 0.00362. The van der Waals surface area contributed by atoms with E-state index in [2.05, 4.69) is 55.7 Å². The fourth-order valence-electron chi connectivity index (χ4n) is 2.23. The predicted molar refractivity (Wildman–Crippen MR) is 119 cm³/mol. The van der Waals surface area contributed by atoms with E-state index in [4.69, 9.17) is 9.47 Å². The summed E-state index contributed by atoms with van der Waals surface area (Å²) in [6.07, 6.45) is 4.83. The number of amides is 2. The van der Waals surface area contributed by atoms with Gasteiger partial charge in [-0.1, -0.05) is 13.2 Å². The zero-order valence-corrected chi connectivity index (χ0v) is 19.6. The highest BCUT2D eigenvalue weighted by atomic mass is 79.9. The van der Waals surface area contributed by atoms with Crippen LogP contribution in [0.25, 0.3) is 0 Å². The van der Waals surface area contributed by atoms with Gasteiger partial charge >= 0.3 is 0 Å². The van der Waals surface area contributed by atoms with Crippen molar-refractivity contribution in [1.29, 1.82) is 0 Å². The maximum atomic E-state index is 12.5. The van der Waals surface area contributed by atoms with Gasteiger partial charge in [-0.3, -0.25) is 19.2 Å². The molecule has 0 heterocycles. The SMILES string of the molecule is C=CC(=O)NCCCCOC1=C(Br)C(=O)C(OCCCCNC(=O)C=C)=C(Br)C1=O. The molecule has 0 fully saturated rings. The maximum Gasteiger partial charge on any atom is 0.243 e. The molecule has 10 heteroatoms. The van der Waals surface area contributed by atoms with Crippen LogP contribution in [0.3, 0.4) is 0 Å². The smallest absolute Gasteiger partial charge is 0.243 e. The van der Waals surface area contributed by atoms with E-state index in [1.165, 1.54) is 12.2 Å². The summed E-state index contributed by atoms with van der Waals surface area (Å²) in [7, 11) is 0. The second-order valence-corrected chi connectivity index (χ2v) is 7.63. The summed E-state index contributed by atoms with van der Waals surface area (Å²) >= 11 is 6.24. The van der Waals surface area contributed by atoms with Gasteiger partial charge in [0.05, 0.1) is 13.2 Å². The molecule has 0 aromatic rings. The quantitative estimate of drug-likeness (QED) is 0.196. The summed E-state index contributed by atoms with van der Waals surface area (Å²) in [5.41, 5.74) is 0. The number of nitrogens with one attached hydrogen (secondary N) is 2. The molecule has 0 unspecified atom stereocenters. The van der Waals surface area contributed by atoms with Crippen molar-refractivity contribution in [3.05, 3.63) is 45.8 Å². The first kappa shape index (κ1) is 25.8. The first-order valence-electron chi connectivity index (χ1n) is 9.28. The zero-order valence-electron chi connectivity index (χ0n) is 16.4. The second kappa shape index (κ2) is 13.9. The van der Waals surface area contributed by atoms with E-state index in [9.17, 15) is 19.2 Å². The van der Waals surface area contributed by atoms with E-state index in [0.717, 1.165) is 0 Å². The van der Waals surface area contributed by atoms with Crippen LogP contribution in [0, 0.1) is 0 Å². The fraction of sp³-hybridized carbons (Fsp3) is 0.400. The lowest BCUT2D eigenvalue weighted by Crippen LogP contribution is -2.24. The molecule has 0 bridgehead atoms. The van der Waals surface area contributed by atoms with Gasteiger partial charge in [-0.2, -0.15) is 0 Å². The van der Waals surface area contributed by atoms with Crippen molar-refractivity contribution >= 4 is 55.2 Å². The molecule has 8 nitrogen and oxygen atoms in total. The number of ketones is 2. The molecule has 0 aromatic heterocycles. The number of halogens is 2. The van der Waals surface area contributed by atoms with E-state index in [0.29, 0.717) is 38.8 Å². The van der Waals surface area contributed by atoms with Gasteiger partial charge in [-0.15, -0.1) is 0 Å². The van der Waals surface area contributed by atoms with Crippen LogP contribution >= 0.6 is 31.9 Å².